The third-order valence-corrected chi connectivity index (χ3v) is 6.97. The SMILES string of the molecule is CC(C)C[C@@H]1NCCOc2ccccc2/C=C\CNC(=O)[C@H](CC(C)C)NC(=O)C2(CCCC2)NC1=O. The zero-order chi connectivity index (χ0) is 26.8. The van der Waals surface area contributed by atoms with Gasteiger partial charge in [-0.05, 0) is 43.6 Å². The van der Waals surface area contributed by atoms with E-state index in [1.165, 1.54) is 0 Å². The highest BCUT2D eigenvalue weighted by Crippen LogP contribution is 2.31. The molecule has 2 aliphatic rings. The lowest BCUT2D eigenvalue weighted by atomic mass is 9.93. The normalized spacial score (nSPS) is 24.4. The summed E-state index contributed by atoms with van der Waals surface area (Å²) >= 11 is 0. The molecule has 8 nitrogen and oxygen atoms in total. The first-order valence-corrected chi connectivity index (χ1v) is 13.7. The second kappa shape index (κ2) is 13.6. The predicted octanol–water partition coefficient (Wildman–Crippen LogP) is 3.17. The zero-order valence-electron chi connectivity index (χ0n) is 22.8. The van der Waals surface area contributed by atoms with Gasteiger partial charge in [-0.3, -0.25) is 14.4 Å². The van der Waals surface area contributed by atoms with Crippen molar-refractivity contribution in [1.29, 1.82) is 0 Å². The van der Waals surface area contributed by atoms with Crippen LogP contribution in [0.1, 0.15) is 71.8 Å². The Morgan fingerprint density at radius 1 is 0.946 bits per heavy atom. The maximum absolute atomic E-state index is 13.6. The van der Waals surface area contributed by atoms with Gasteiger partial charge in [-0.25, -0.2) is 0 Å². The fourth-order valence-corrected chi connectivity index (χ4v) is 5.08. The van der Waals surface area contributed by atoms with Crippen LogP contribution in [0.3, 0.4) is 0 Å². The standard InChI is InChI=1S/C29H44N4O4/c1-20(2)18-23-27(35)33-29(13-7-8-14-29)28(36)32-24(19-21(3)4)26(34)31-15-9-11-22-10-5-6-12-25(22)37-17-16-30-23/h5-6,9-12,20-21,23-24,30H,7-8,13-19H2,1-4H3,(H,31,34)(H,32,36)(H,33,35)/b11-9-/t23-,24-/m0/s1. The number of amides is 3. The number of nitrogens with one attached hydrogen (secondary N) is 4. The van der Waals surface area contributed by atoms with E-state index in [0.29, 0.717) is 51.3 Å². The number of ether oxygens (including phenoxy) is 1. The second-order valence-electron chi connectivity index (χ2n) is 11.1. The quantitative estimate of drug-likeness (QED) is 0.496. The lowest BCUT2D eigenvalue weighted by molar-refractivity contribution is -0.136. The van der Waals surface area contributed by atoms with E-state index in [9.17, 15) is 14.4 Å². The molecule has 3 amide bonds. The fraction of sp³-hybridized carbons (Fsp3) is 0.621. The minimum atomic E-state index is -0.996. The minimum Gasteiger partial charge on any atom is -0.492 e. The van der Waals surface area contributed by atoms with Crippen LogP contribution in [-0.2, 0) is 14.4 Å². The van der Waals surface area contributed by atoms with Crippen molar-refractivity contribution in [2.24, 2.45) is 11.8 Å². The van der Waals surface area contributed by atoms with Crippen LogP contribution in [0.2, 0.25) is 0 Å². The Morgan fingerprint density at radius 2 is 1.62 bits per heavy atom. The molecule has 1 spiro atoms. The Balaban J connectivity index is 1.89. The number of rotatable bonds is 4. The van der Waals surface area contributed by atoms with Crippen molar-refractivity contribution in [3.8, 4) is 5.75 Å². The van der Waals surface area contributed by atoms with Crippen LogP contribution in [0, 0.1) is 11.8 Å². The predicted molar refractivity (Wildman–Crippen MR) is 146 cm³/mol. The first-order chi connectivity index (χ1) is 17.7. The summed E-state index contributed by atoms with van der Waals surface area (Å²) in [5.41, 5.74) is -0.0888. The molecule has 2 atom stereocenters. The van der Waals surface area contributed by atoms with Crippen LogP contribution in [0.15, 0.2) is 30.3 Å². The first kappa shape index (κ1) is 28.7. The Kier molecular flexibility index (Phi) is 10.6. The average Bonchev–Trinajstić information content (AvgIpc) is 3.32. The second-order valence-corrected chi connectivity index (χ2v) is 11.1. The molecule has 1 aromatic rings. The van der Waals surface area contributed by atoms with Gasteiger partial charge in [0, 0.05) is 18.7 Å². The summed E-state index contributed by atoms with van der Waals surface area (Å²) in [6.07, 6.45) is 7.80. The highest BCUT2D eigenvalue weighted by Gasteiger charge is 2.44. The fourth-order valence-electron chi connectivity index (χ4n) is 5.08. The lowest BCUT2D eigenvalue weighted by Gasteiger charge is -2.33. The van der Waals surface area contributed by atoms with E-state index in [2.05, 4.69) is 35.1 Å². The van der Waals surface area contributed by atoms with Gasteiger partial charge in [-0.15, -0.1) is 0 Å². The van der Waals surface area contributed by atoms with Gasteiger partial charge < -0.3 is 26.0 Å². The molecule has 8 heteroatoms. The minimum absolute atomic E-state index is 0.180. The molecule has 1 heterocycles. The van der Waals surface area contributed by atoms with Crippen LogP contribution >= 0.6 is 0 Å². The summed E-state index contributed by atoms with van der Waals surface area (Å²) in [6, 6.07) is 6.60. The summed E-state index contributed by atoms with van der Waals surface area (Å²) in [7, 11) is 0. The van der Waals surface area contributed by atoms with Gasteiger partial charge in [0.1, 0.15) is 23.9 Å². The number of benzene rings is 1. The van der Waals surface area contributed by atoms with E-state index < -0.39 is 17.6 Å². The molecule has 1 aliphatic heterocycles. The van der Waals surface area contributed by atoms with Crippen molar-refractivity contribution >= 4 is 23.8 Å². The zero-order valence-corrected chi connectivity index (χ0v) is 22.8. The molecule has 4 N–H and O–H groups in total. The van der Waals surface area contributed by atoms with Gasteiger partial charge in [-0.1, -0.05) is 70.9 Å². The monoisotopic (exact) mass is 512 g/mol. The van der Waals surface area contributed by atoms with Crippen LogP contribution < -0.4 is 26.0 Å². The van der Waals surface area contributed by atoms with E-state index >= 15 is 0 Å². The molecular weight excluding hydrogens is 468 g/mol. The Bertz CT molecular complexity index is 953. The molecule has 0 saturated heterocycles. The smallest absolute Gasteiger partial charge is 0.246 e. The third kappa shape index (κ3) is 8.32. The Hall–Kier alpha value is -2.87. The van der Waals surface area contributed by atoms with Gasteiger partial charge in [-0.2, -0.15) is 0 Å². The molecule has 1 aromatic carbocycles. The molecular formula is C29H44N4O4. The van der Waals surface area contributed by atoms with Crippen LogP contribution in [0.5, 0.6) is 5.75 Å². The highest BCUT2D eigenvalue weighted by atomic mass is 16.5. The largest absolute Gasteiger partial charge is 0.492 e. The van der Waals surface area contributed by atoms with Crippen molar-refractivity contribution in [3.63, 3.8) is 0 Å². The lowest BCUT2D eigenvalue weighted by Crippen LogP contribution is -2.63. The first-order valence-electron chi connectivity index (χ1n) is 13.7. The summed E-state index contributed by atoms with van der Waals surface area (Å²) < 4.78 is 6.02. The summed E-state index contributed by atoms with van der Waals surface area (Å²) in [5, 5.41) is 12.4. The van der Waals surface area contributed by atoms with Crippen molar-refractivity contribution in [2.75, 3.05) is 19.7 Å². The maximum atomic E-state index is 13.6. The molecule has 1 fully saturated rings. The average molecular weight is 513 g/mol. The number of hydrogen-bond acceptors (Lipinski definition) is 5. The summed E-state index contributed by atoms with van der Waals surface area (Å²) in [6.45, 7) is 9.42. The summed E-state index contributed by atoms with van der Waals surface area (Å²) in [5.74, 6) is 0.572. The molecule has 1 aliphatic carbocycles. The van der Waals surface area contributed by atoms with E-state index in [1.54, 1.807) is 0 Å². The molecule has 0 bridgehead atoms. The van der Waals surface area contributed by atoms with Crippen molar-refractivity contribution in [3.05, 3.63) is 35.9 Å². The molecule has 0 aromatic heterocycles. The number of fused-ring (bicyclic) bond motifs is 1. The summed E-state index contributed by atoms with van der Waals surface area (Å²) in [4.78, 5) is 40.2. The molecule has 0 radical (unpaired) electrons. The molecule has 0 unspecified atom stereocenters. The van der Waals surface area contributed by atoms with E-state index in [4.69, 9.17) is 4.74 Å². The van der Waals surface area contributed by atoms with Crippen molar-refractivity contribution in [2.45, 2.75) is 83.8 Å². The number of carbonyl (C=O) groups excluding carboxylic acids is 3. The van der Waals surface area contributed by atoms with E-state index in [0.717, 1.165) is 24.2 Å². The Labute approximate surface area is 221 Å². The topological polar surface area (TPSA) is 109 Å². The Morgan fingerprint density at radius 3 is 2.32 bits per heavy atom. The molecule has 37 heavy (non-hydrogen) atoms. The maximum Gasteiger partial charge on any atom is 0.246 e. The van der Waals surface area contributed by atoms with Gasteiger partial charge in [0.25, 0.3) is 0 Å². The van der Waals surface area contributed by atoms with Crippen LogP contribution in [0.4, 0.5) is 0 Å². The van der Waals surface area contributed by atoms with Crippen molar-refractivity contribution < 1.29 is 19.1 Å². The highest BCUT2D eigenvalue weighted by molar-refractivity contribution is 5.96. The number of para-hydroxylation sites is 1. The van der Waals surface area contributed by atoms with Gasteiger partial charge in [0.15, 0.2) is 0 Å². The number of hydrogen-bond donors (Lipinski definition) is 4. The van der Waals surface area contributed by atoms with Crippen LogP contribution in [0.25, 0.3) is 6.08 Å². The third-order valence-electron chi connectivity index (χ3n) is 6.97. The molecule has 204 valence electrons. The molecule has 1 saturated carbocycles. The van der Waals surface area contributed by atoms with Gasteiger partial charge in [0.2, 0.25) is 17.7 Å². The van der Waals surface area contributed by atoms with Gasteiger partial charge in [0.05, 0.1) is 6.04 Å². The van der Waals surface area contributed by atoms with E-state index in [-0.39, 0.29) is 23.6 Å². The van der Waals surface area contributed by atoms with E-state index in [1.807, 2.05) is 50.3 Å². The number of carbonyl (C=O) groups is 3. The van der Waals surface area contributed by atoms with Crippen LogP contribution in [-0.4, -0.2) is 55.0 Å². The molecule has 3 rings (SSSR count). The van der Waals surface area contributed by atoms with Crippen molar-refractivity contribution in [1.82, 2.24) is 21.3 Å². The van der Waals surface area contributed by atoms with Gasteiger partial charge >= 0.3 is 0 Å².